The van der Waals surface area contributed by atoms with Gasteiger partial charge in [0.1, 0.15) is 12.4 Å². The lowest BCUT2D eigenvalue weighted by atomic mass is 10.0. The summed E-state index contributed by atoms with van der Waals surface area (Å²) < 4.78 is 15.8. The molecule has 1 unspecified atom stereocenters. The zero-order chi connectivity index (χ0) is 20.8. The molecule has 0 saturated carbocycles. The van der Waals surface area contributed by atoms with Crippen LogP contribution in [0.3, 0.4) is 0 Å². The van der Waals surface area contributed by atoms with Gasteiger partial charge in [0.05, 0.1) is 13.2 Å². The van der Waals surface area contributed by atoms with Crippen LogP contribution in [0.1, 0.15) is 110 Å². The Hall–Kier alpha value is -1.07. The number of aliphatic hydroxyl groups excluding tert-OH is 1. The Balaban J connectivity index is 1.74. The van der Waals surface area contributed by atoms with Gasteiger partial charge in [-0.15, -0.1) is 0 Å². The van der Waals surface area contributed by atoms with Gasteiger partial charge in [-0.2, -0.15) is 0 Å². The molecule has 1 rings (SSSR count). The van der Waals surface area contributed by atoms with Crippen molar-refractivity contribution in [2.75, 3.05) is 19.8 Å². The molecule has 1 aromatic rings. The zero-order valence-electron chi connectivity index (χ0n) is 18.8. The number of aromatic nitrogens is 1. The summed E-state index contributed by atoms with van der Waals surface area (Å²) in [5.74, 6) is 0.384. The molecule has 0 aliphatic rings. The fourth-order valence-electron chi connectivity index (χ4n) is 3.52. The summed E-state index contributed by atoms with van der Waals surface area (Å²) in [6.07, 6.45) is 23.0. The average molecular weight is 412 g/mol. The van der Waals surface area contributed by atoms with E-state index in [4.69, 9.17) is 14.0 Å². The summed E-state index contributed by atoms with van der Waals surface area (Å²) in [6.45, 7) is 3.29. The predicted molar refractivity (Wildman–Crippen MR) is 118 cm³/mol. The van der Waals surface area contributed by atoms with Crippen molar-refractivity contribution in [2.24, 2.45) is 0 Å². The Bertz CT molecular complexity index is 425. The molecule has 5 heteroatoms. The number of hydrogen-bond donors (Lipinski definition) is 1. The summed E-state index contributed by atoms with van der Waals surface area (Å²) in [4.78, 5) is 0. The third-order valence-corrected chi connectivity index (χ3v) is 5.35. The van der Waals surface area contributed by atoms with Crippen molar-refractivity contribution in [2.45, 2.75) is 116 Å². The number of ether oxygens (including phenoxy) is 2. The molecule has 29 heavy (non-hydrogen) atoms. The maximum Gasteiger partial charge on any atom is 0.254 e. The minimum absolute atomic E-state index is 0.0914. The third kappa shape index (κ3) is 16.4. The SMILES string of the molecule is CCCCCCCCCCCCCCCCCCOCC(CO)Oc1ccon1. The smallest absolute Gasteiger partial charge is 0.254 e. The van der Waals surface area contributed by atoms with Crippen molar-refractivity contribution in [1.29, 1.82) is 0 Å². The van der Waals surface area contributed by atoms with E-state index in [9.17, 15) is 5.11 Å². The molecule has 0 saturated heterocycles. The molecule has 0 radical (unpaired) electrons. The summed E-state index contributed by atoms with van der Waals surface area (Å²) in [5, 5.41) is 13.0. The van der Waals surface area contributed by atoms with E-state index in [0.717, 1.165) is 13.0 Å². The van der Waals surface area contributed by atoms with E-state index in [1.165, 1.54) is 103 Å². The van der Waals surface area contributed by atoms with Crippen LogP contribution in [-0.4, -0.2) is 36.2 Å². The summed E-state index contributed by atoms with van der Waals surface area (Å²) in [7, 11) is 0. The van der Waals surface area contributed by atoms with Crippen molar-refractivity contribution in [3.8, 4) is 5.88 Å². The average Bonchev–Trinajstić information content (AvgIpc) is 3.25. The molecule has 0 amide bonds. The molecule has 5 nitrogen and oxygen atoms in total. The van der Waals surface area contributed by atoms with Crippen molar-refractivity contribution >= 4 is 0 Å². The van der Waals surface area contributed by atoms with Gasteiger partial charge in [0.2, 0.25) is 0 Å². The highest BCUT2D eigenvalue weighted by Gasteiger charge is 2.11. The van der Waals surface area contributed by atoms with Gasteiger partial charge in [-0.1, -0.05) is 103 Å². The van der Waals surface area contributed by atoms with Gasteiger partial charge in [-0.05, 0) is 11.6 Å². The molecule has 170 valence electrons. The molecule has 1 aromatic heterocycles. The lowest BCUT2D eigenvalue weighted by molar-refractivity contribution is 0.0153. The molecule has 0 bridgehead atoms. The van der Waals surface area contributed by atoms with E-state index < -0.39 is 0 Å². The van der Waals surface area contributed by atoms with Gasteiger partial charge >= 0.3 is 0 Å². The second-order valence-electron chi connectivity index (χ2n) is 8.14. The van der Waals surface area contributed by atoms with E-state index >= 15 is 0 Å². The minimum atomic E-state index is -0.388. The van der Waals surface area contributed by atoms with Crippen LogP contribution in [0, 0.1) is 0 Å². The number of nitrogens with zero attached hydrogens (tertiary/aromatic N) is 1. The third-order valence-electron chi connectivity index (χ3n) is 5.35. The summed E-state index contributed by atoms with van der Waals surface area (Å²) in [5.41, 5.74) is 0. The Kier molecular flexibility index (Phi) is 18.1. The van der Waals surface area contributed by atoms with Gasteiger partial charge in [0.15, 0.2) is 0 Å². The van der Waals surface area contributed by atoms with Crippen LogP contribution in [0.5, 0.6) is 5.88 Å². The van der Waals surface area contributed by atoms with Crippen molar-refractivity contribution < 1.29 is 19.1 Å². The second-order valence-corrected chi connectivity index (χ2v) is 8.14. The molecule has 1 heterocycles. The fourth-order valence-corrected chi connectivity index (χ4v) is 3.52. The van der Waals surface area contributed by atoms with E-state index in [1.54, 1.807) is 6.07 Å². The van der Waals surface area contributed by atoms with Crippen LogP contribution in [0.2, 0.25) is 0 Å². The Morgan fingerprint density at radius 3 is 1.79 bits per heavy atom. The maximum atomic E-state index is 9.30. The highest BCUT2D eigenvalue weighted by Crippen LogP contribution is 2.14. The van der Waals surface area contributed by atoms with E-state index in [-0.39, 0.29) is 12.7 Å². The molecule has 1 atom stereocenters. The van der Waals surface area contributed by atoms with Crippen LogP contribution in [0.4, 0.5) is 0 Å². The first kappa shape index (κ1) is 26.0. The molecule has 0 fully saturated rings. The number of aliphatic hydroxyl groups is 1. The van der Waals surface area contributed by atoms with E-state index in [0.29, 0.717) is 12.5 Å². The van der Waals surface area contributed by atoms with E-state index in [1.807, 2.05) is 0 Å². The van der Waals surface area contributed by atoms with Crippen LogP contribution in [0.15, 0.2) is 16.9 Å². The minimum Gasteiger partial charge on any atom is -0.467 e. The van der Waals surface area contributed by atoms with Crippen LogP contribution in [0.25, 0.3) is 0 Å². The van der Waals surface area contributed by atoms with Crippen molar-refractivity contribution in [1.82, 2.24) is 5.16 Å². The van der Waals surface area contributed by atoms with Crippen molar-refractivity contribution in [3.05, 3.63) is 12.3 Å². The van der Waals surface area contributed by atoms with Crippen LogP contribution in [-0.2, 0) is 4.74 Å². The standard InChI is InChI=1S/C24H45NO4/c1-2-3-4-5-6-7-8-9-10-11-12-13-14-15-16-17-19-27-22-23(21-26)29-24-18-20-28-25-24/h18,20,23,26H,2-17,19,21-22H2,1H3. The number of unbranched alkanes of at least 4 members (excludes halogenated alkanes) is 15. The molecule has 0 aliphatic carbocycles. The Morgan fingerprint density at radius 1 is 0.828 bits per heavy atom. The first-order valence-electron chi connectivity index (χ1n) is 12.1. The van der Waals surface area contributed by atoms with Gasteiger partial charge in [0.25, 0.3) is 5.88 Å². The maximum absolute atomic E-state index is 9.30. The van der Waals surface area contributed by atoms with Crippen molar-refractivity contribution in [3.63, 3.8) is 0 Å². The molecule has 0 spiro atoms. The molecular formula is C24H45NO4. The number of hydrogen-bond acceptors (Lipinski definition) is 5. The highest BCUT2D eigenvalue weighted by atomic mass is 16.6. The lowest BCUT2D eigenvalue weighted by Gasteiger charge is -2.14. The Labute approximate surface area is 178 Å². The first-order chi connectivity index (χ1) is 14.4. The Morgan fingerprint density at radius 2 is 1.34 bits per heavy atom. The van der Waals surface area contributed by atoms with Gasteiger partial charge in [0, 0.05) is 12.7 Å². The summed E-state index contributed by atoms with van der Waals surface area (Å²) in [6, 6.07) is 1.62. The fraction of sp³-hybridized carbons (Fsp3) is 0.875. The van der Waals surface area contributed by atoms with Gasteiger partial charge in [-0.25, -0.2) is 0 Å². The number of rotatable bonds is 22. The molecular weight excluding hydrogens is 366 g/mol. The molecule has 1 N–H and O–H groups in total. The zero-order valence-corrected chi connectivity index (χ0v) is 18.8. The quantitative estimate of drug-likeness (QED) is 0.215. The predicted octanol–water partition coefficient (Wildman–Crippen LogP) is 6.69. The normalized spacial score (nSPS) is 12.3. The topological polar surface area (TPSA) is 64.7 Å². The monoisotopic (exact) mass is 411 g/mol. The molecule has 0 aromatic carbocycles. The second kappa shape index (κ2) is 20.2. The van der Waals surface area contributed by atoms with Crippen LogP contribution >= 0.6 is 0 Å². The largest absolute Gasteiger partial charge is 0.467 e. The highest BCUT2D eigenvalue weighted by molar-refractivity contribution is 5.02. The molecule has 0 aliphatic heterocycles. The summed E-state index contributed by atoms with van der Waals surface area (Å²) >= 11 is 0. The first-order valence-corrected chi connectivity index (χ1v) is 12.1. The van der Waals surface area contributed by atoms with Gasteiger partial charge in [-0.3, -0.25) is 0 Å². The van der Waals surface area contributed by atoms with E-state index in [2.05, 4.69) is 12.1 Å². The van der Waals surface area contributed by atoms with Crippen LogP contribution < -0.4 is 4.74 Å². The lowest BCUT2D eigenvalue weighted by Crippen LogP contribution is -2.27. The van der Waals surface area contributed by atoms with Gasteiger partial charge < -0.3 is 19.1 Å².